The lowest BCUT2D eigenvalue weighted by Gasteiger charge is -2.28. The van der Waals surface area contributed by atoms with Crippen molar-refractivity contribution in [1.82, 2.24) is 4.72 Å². The first kappa shape index (κ1) is 23.2. The van der Waals surface area contributed by atoms with E-state index in [2.05, 4.69) is 4.72 Å². The van der Waals surface area contributed by atoms with Gasteiger partial charge < -0.3 is 25.3 Å². The number of aliphatic hydroxyl groups excluding tert-OH is 4. The summed E-state index contributed by atoms with van der Waals surface area (Å²) in [6.45, 7) is 0.175. The van der Waals surface area contributed by atoms with Gasteiger partial charge in [0.1, 0.15) is 30.1 Å². The SMILES string of the molecule is CC(=O)[C@H](NS(=O)(=O)c1cccc2c(N(C)C)cccc12)[C@@H](O)[C@@H](O)[C@H](O)CO. The van der Waals surface area contributed by atoms with E-state index in [0.717, 1.165) is 12.6 Å². The number of ketones is 1. The fourth-order valence-electron chi connectivity index (χ4n) is 3.05. The highest BCUT2D eigenvalue weighted by Gasteiger charge is 2.37. The summed E-state index contributed by atoms with van der Waals surface area (Å²) in [5.41, 5.74) is 0.796. The van der Waals surface area contributed by atoms with E-state index in [0.29, 0.717) is 10.8 Å². The van der Waals surface area contributed by atoms with E-state index in [1.807, 2.05) is 25.1 Å². The lowest BCUT2D eigenvalue weighted by molar-refractivity contribution is -0.128. The van der Waals surface area contributed by atoms with Crippen LogP contribution in [-0.4, -0.2) is 79.7 Å². The number of anilines is 1. The molecule has 10 heteroatoms. The number of hydrogen-bond donors (Lipinski definition) is 5. The summed E-state index contributed by atoms with van der Waals surface area (Å²) in [4.78, 5) is 13.7. The Hall–Kier alpha value is -2.08. The third kappa shape index (κ3) is 4.92. The molecule has 0 fully saturated rings. The highest BCUT2D eigenvalue weighted by molar-refractivity contribution is 7.89. The molecule has 160 valence electrons. The van der Waals surface area contributed by atoms with Gasteiger partial charge in [-0.2, -0.15) is 4.72 Å². The first-order valence-corrected chi connectivity index (χ1v) is 10.4. The lowest BCUT2D eigenvalue weighted by Crippen LogP contribution is -2.55. The van der Waals surface area contributed by atoms with Crippen molar-refractivity contribution in [1.29, 1.82) is 0 Å². The van der Waals surface area contributed by atoms with Gasteiger partial charge in [-0.15, -0.1) is 0 Å². The molecule has 4 atom stereocenters. The van der Waals surface area contributed by atoms with Crippen LogP contribution in [0.2, 0.25) is 0 Å². The van der Waals surface area contributed by atoms with Crippen molar-refractivity contribution >= 4 is 32.3 Å². The first-order chi connectivity index (χ1) is 13.5. The molecular formula is C19H26N2O7S. The monoisotopic (exact) mass is 426 g/mol. The largest absolute Gasteiger partial charge is 0.394 e. The molecule has 2 rings (SSSR count). The van der Waals surface area contributed by atoms with Crippen LogP contribution in [0.25, 0.3) is 10.8 Å². The summed E-state index contributed by atoms with van der Waals surface area (Å²) in [6, 6.07) is 8.14. The van der Waals surface area contributed by atoms with Crippen LogP contribution in [0, 0.1) is 0 Å². The van der Waals surface area contributed by atoms with E-state index in [1.54, 1.807) is 24.3 Å². The van der Waals surface area contributed by atoms with Crippen LogP contribution < -0.4 is 9.62 Å². The zero-order valence-corrected chi connectivity index (χ0v) is 17.2. The van der Waals surface area contributed by atoms with Crippen LogP contribution in [-0.2, 0) is 14.8 Å². The molecule has 0 aliphatic carbocycles. The minimum atomic E-state index is -4.29. The summed E-state index contributed by atoms with van der Waals surface area (Å²) in [5.74, 6) is -0.764. The molecule has 0 aliphatic heterocycles. The van der Waals surface area contributed by atoms with Crippen LogP contribution in [0.5, 0.6) is 0 Å². The Kier molecular flexibility index (Phi) is 7.33. The number of carbonyl (C=O) groups excluding carboxylic acids is 1. The number of sulfonamides is 1. The number of rotatable bonds is 9. The van der Waals surface area contributed by atoms with Crippen LogP contribution in [0.4, 0.5) is 5.69 Å². The Morgan fingerprint density at radius 1 is 1.03 bits per heavy atom. The smallest absolute Gasteiger partial charge is 0.241 e. The number of nitrogens with one attached hydrogen (secondary N) is 1. The van der Waals surface area contributed by atoms with Gasteiger partial charge in [0, 0.05) is 30.6 Å². The molecule has 0 heterocycles. The maximum absolute atomic E-state index is 13.0. The van der Waals surface area contributed by atoms with Gasteiger partial charge in [-0.05, 0) is 19.1 Å². The molecule has 0 saturated heterocycles. The van der Waals surface area contributed by atoms with E-state index in [4.69, 9.17) is 5.11 Å². The van der Waals surface area contributed by atoms with Crippen LogP contribution in [0.1, 0.15) is 6.92 Å². The Morgan fingerprint density at radius 2 is 1.62 bits per heavy atom. The molecule has 0 amide bonds. The zero-order chi connectivity index (χ0) is 21.9. The molecule has 9 nitrogen and oxygen atoms in total. The van der Waals surface area contributed by atoms with Crippen molar-refractivity contribution in [3.8, 4) is 0 Å². The van der Waals surface area contributed by atoms with E-state index in [-0.39, 0.29) is 4.90 Å². The lowest BCUT2D eigenvalue weighted by atomic mass is 9.99. The summed E-state index contributed by atoms with van der Waals surface area (Å²) >= 11 is 0. The van der Waals surface area contributed by atoms with Crippen molar-refractivity contribution in [3.63, 3.8) is 0 Å². The van der Waals surface area contributed by atoms with Gasteiger partial charge in [-0.3, -0.25) is 4.79 Å². The molecule has 0 bridgehead atoms. The summed E-state index contributed by atoms with van der Waals surface area (Å²) < 4.78 is 28.2. The van der Waals surface area contributed by atoms with Crippen molar-refractivity contribution in [2.45, 2.75) is 36.2 Å². The topological polar surface area (TPSA) is 147 Å². The van der Waals surface area contributed by atoms with E-state index >= 15 is 0 Å². The second kappa shape index (κ2) is 9.16. The number of hydrogen-bond acceptors (Lipinski definition) is 8. The number of nitrogens with zero attached hydrogens (tertiary/aromatic N) is 1. The van der Waals surface area contributed by atoms with Crippen LogP contribution in [0.3, 0.4) is 0 Å². The van der Waals surface area contributed by atoms with Crippen molar-refractivity contribution in [2.75, 3.05) is 25.6 Å². The molecule has 0 unspecified atom stereocenters. The molecule has 5 N–H and O–H groups in total. The predicted octanol–water partition coefficient (Wildman–Crippen LogP) is -0.783. The van der Waals surface area contributed by atoms with Crippen molar-refractivity contribution in [3.05, 3.63) is 36.4 Å². The number of fused-ring (bicyclic) bond motifs is 1. The molecular weight excluding hydrogens is 400 g/mol. The first-order valence-electron chi connectivity index (χ1n) is 8.88. The van der Waals surface area contributed by atoms with Gasteiger partial charge in [0.2, 0.25) is 10.0 Å². The Bertz CT molecular complexity index is 978. The molecule has 0 aliphatic rings. The van der Waals surface area contributed by atoms with E-state index < -0.39 is 46.8 Å². The van der Waals surface area contributed by atoms with E-state index in [1.165, 1.54) is 6.07 Å². The van der Waals surface area contributed by atoms with Gasteiger partial charge >= 0.3 is 0 Å². The van der Waals surface area contributed by atoms with Crippen molar-refractivity contribution in [2.24, 2.45) is 0 Å². The summed E-state index contributed by atoms with van der Waals surface area (Å²) in [5, 5.41) is 39.6. The Morgan fingerprint density at radius 3 is 2.17 bits per heavy atom. The molecule has 0 saturated carbocycles. The molecule has 0 radical (unpaired) electrons. The fraction of sp³-hybridized carbons (Fsp3) is 0.421. The maximum Gasteiger partial charge on any atom is 0.241 e. The van der Waals surface area contributed by atoms with Gasteiger partial charge in [0.15, 0.2) is 0 Å². The Balaban J connectivity index is 2.49. The molecule has 0 spiro atoms. The van der Waals surface area contributed by atoms with Gasteiger partial charge in [0.05, 0.1) is 11.5 Å². The number of carbonyl (C=O) groups is 1. The number of benzene rings is 2. The molecule has 0 aromatic heterocycles. The second-order valence-corrected chi connectivity index (χ2v) is 8.65. The fourth-order valence-corrected chi connectivity index (χ4v) is 4.54. The third-order valence-electron chi connectivity index (χ3n) is 4.62. The highest BCUT2D eigenvalue weighted by Crippen LogP contribution is 2.30. The molecule has 2 aromatic rings. The highest BCUT2D eigenvalue weighted by atomic mass is 32.2. The standard InChI is InChI=1S/C19H26N2O7S/c1-11(23)17(19(26)18(25)15(24)10-22)20-29(27,28)16-9-5-6-12-13(16)7-4-8-14(12)21(2)3/h4-9,15,17-20,22,24-26H,10H2,1-3H3/t15-,17+,18+,19-/m1/s1. The van der Waals surface area contributed by atoms with Gasteiger partial charge in [-0.25, -0.2) is 8.42 Å². The predicted molar refractivity (Wildman–Crippen MR) is 108 cm³/mol. The average molecular weight is 426 g/mol. The van der Waals surface area contributed by atoms with E-state index in [9.17, 15) is 28.5 Å². The summed E-state index contributed by atoms with van der Waals surface area (Å²) in [6.07, 6.45) is -5.63. The quantitative estimate of drug-likeness (QED) is 0.351. The minimum Gasteiger partial charge on any atom is -0.394 e. The summed E-state index contributed by atoms with van der Waals surface area (Å²) in [7, 11) is -0.642. The van der Waals surface area contributed by atoms with Crippen LogP contribution >= 0.6 is 0 Å². The number of Topliss-reactive ketones (excluding diaryl/α,β-unsaturated/α-hetero) is 1. The molecule has 2 aromatic carbocycles. The van der Waals surface area contributed by atoms with Crippen LogP contribution in [0.15, 0.2) is 41.3 Å². The number of aliphatic hydroxyl groups is 4. The van der Waals surface area contributed by atoms with Gasteiger partial charge in [-0.1, -0.05) is 24.3 Å². The average Bonchev–Trinajstić information content (AvgIpc) is 2.68. The third-order valence-corrected chi connectivity index (χ3v) is 6.12. The van der Waals surface area contributed by atoms with Gasteiger partial charge in [0.25, 0.3) is 0 Å². The molecule has 29 heavy (non-hydrogen) atoms. The second-order valence-electron chi connectivity index (χ2n) is 6.96. The minimum absolute atomic E-state index is 0.102. The Labute approximate surface area is 169 Å². The zero-order valence-electron chi connectivity index (χ0n) is 16.3. The normalized spacial score (nSPS) is 16.2. The maximum atomic E-state index is 13.0. The van der Waals surface area contributed by atoms with Crippen molar-refractivity contribution < 1.29 is 33.6 Å².